The second-order valence-corrected chi connectivity index (χ2v) is 3.68. The summed E-state index contributed by atoms with van der Waals surface area (Å²) in [5, 5.41) is 3.89. The fraction of sp³-hybridized carbons (Fsp3) is 0.125. The van der Waals surface area contributed by atoms with Gasteiger partial charge in [0, 0.05) is 11.6 Å². The van der Waals surface area contributed by atoms with Crippen LogP contribution in [-0.2, 0) is 0 Å². The molecule has 11 heavy (non-hydrogen) atoms. The molecule has 0 radical (unpaired) electrons. The van der Waals surface area contributed by atoms with E-state index in [0.29, 0.717) is 0 Å². The number of hydrogen-bond acceptors (Lipinski definition) is 2. The van der Waals surface area contributed by atoms with Crippen molar-refractivity contribution < 1.29 is 0 Å². The minimum atomic E-state index is 0.742. The molecular formula is C8H6ClNS. The average molecular weight is 184 g/mol. The van der Waals surface area contributed by atoms with Gasteiger partial charge in [-0.25, -0.2) is 0 Å². The molecule has 0 atom stereocenters. The zero-order valence-corrected chi connectivity index (χ0v) is 7.54. The van der Waals surface area contributed by atoms with Crippen molar-refractivity contribution in [3.05, 3.63) is 28.4 Å². The molecule has 2 rings (SSSR count). The second-order valence-electron chi connectivity index (χ2n) is 2.35. The van der Waals surface area contributed by atoms with Crippen LogP contribution in [0.4, 0.5) is 0 Å². The molecule has 3 heteroatoms. The fourth-order valence-electron chi connectivity index (χ4n) is 1.06. The second kappa shape index (κ2) is 2.47. The van der Waals surface area contributed by atoms with E-state index in [1.807, 2.05) is 18.4 Å². The Kier molecular flexibility index (Phi) is 1.59. The Balaban J connectivity index is 2.96. The van der Waals surface area contributed by atoms with Gasteiger partial charge < -0.3 is 0 Å². The number of fused-ring (bicyclic) bond motifs is 1. The van der Waals surface area contributed by atoms with Crippen LogP contribution in [0.3, 0.4) is 0 Å². The molecule has 0 bridgehead atoms. The fourth-order valence-corrected chi connectivity index (χ4v) is 2.19. The SMILES string of the molecule is Cc1ncc(Cl)c2ccsc12. The maximum atomic E-state index is 5.91. The molecular weight excluding hydrogens is 178 g/mol. The number of halogens is 1. The number of rotatable bonds is 0. The Labute approximate surface area is 73.6 Å². The first-order chi connectivity index (χ1) is 5.29. The van der Waals surface area contributed by atoms with Crippen LogP contribution >= 0.6 is 22.9 Å². The number of hydrogen-bond donors (Lipinski definition) is 0. The van der Waals surface area contributed by atoms with E-state index in [-0.39, 0.29) is 0 Å². The van der Waals surface area contributed by atoms with Crippen molar-refractivity contribution >= 4 is 33.0 Å². The van der Waals surface area contributed by atoms with Gasteiger partial charge in [-0.2, -0.15) is 0 Å². The molecule has 0 amide bonds. The molecule has 2 aromatic heterocycles. The van der Waals surface area contributed by atoms with E-state index in [2.05, 4.69) is 4.98 Å². The van der Waals surface area contributed by atoms with Gasteiger partial charge in [0.1, 0.15) is 0 Å². The van der Waals surface area contributed by atoms with E-state index in [0.717, 1.165) is 16.1 Å². The monoisotopic (exact) mass is 183 g/mol. The maximum Gasteiger partial charge on any atom is 0.0676 e. The van der Waals surface area contributed by atoms with Crippen LogP contribution in [0.25, 0.3) is 10.1 Å². The van der Waals surface area contributed by atoms with E-state index in [1.165, 1.54) is 4.70 Å². The molecule has 1 nitrogen and oxygen atoms in total. The molecule has 56 valence electrons. The number of nitrogens with zero attached hydrogens (tertiary/aromatic N) is 1. The van der Waals surface area contributed by atoms with Gasteiger partial charge in [0.25, 0.3) is 0 Å². The Morgan fingerprint density at radius 1 is 1.55 bits per heavy atom. The molecule has 0 N–H and O–H groups in total. The summed E-state index contributed by atoms with van der Waals surface area (Å²) in [5.41, 5.74) is 1.06. The lowest BCUT2D eigenvalue weighted by Crippen LogP contribution is -1.78. The van der Waals surface area contributed by atoms with Crippen molar-refractivity contribution in [2.75, 3.05) is 0 Å². The van der Waals surface area contributed by atoms with Crippen LogP contribution in [0.15, 0.2) is 17.6 Å². The Morgan fingerprint density at radius 3 is 3.09 bits per heavy atom. The lowest BCUT2D eigenvalue weighted by Gasteiger charge is -1.95. The standard InChI is InChI=1S/C8H6ClNS/c1-5-8-6(2-3-11-8)7(9)4-10-5/h2-4H,1H3. The molecule has 0 saturated carbocycles. The minimum Gasteiger partial charge on any atom is -0.259 e. The van der Waals surface area contributed by atoms with Crippen LogP contribution in [-0.4, -0.2) is 4.98 Å². The first kappa shape index (κ1) is 7.07. The maximum absolute atomic E-state index is 5.91. The minimum absolute atomic E-state index is 0.742. The van der Waals surface area contributed by atoms with E-state index < -0.39 is 0 Å². The third-order valence-electron chi connectivity index (χ3n) is 1.62. The summed E-state index contributed by atoms with van der Waals surface area (Å²) in [6.45, 7) is 2.00. The molecule has 0 aliphatic carbocycles. The summed E-state index contributed by atoms with van der Waals surface area (Å²) >= 11 is 7.60. The highest BCUT2D eigenvalue weighted by Gasteiger charge is 2.02. The average Bonchev–Trinajstić information content (AvgIpc) is 2.45. The van der Waals surface area contributed by atoms with Crippen LogP contribution < -0.4 is 0 Å². The number of aromatic nitrogens is 1. The smallest absolute Gasteiger partial charge is 0.0676 e. The van der Waals surface area contributed by atoms with Crippen molar-refractivity contribution in [2.24, 2.45) is 0 Å². The summed E-state index contributed by atoms with van der Waals surface area (Å²) in [7, 11) is 0. The van der Waals surface area contributed by atoms with E-state index >= 15 is 0 Å². The highest BCUT2D eigenvalue weighted by Crippen LogP contribution is 2.28. The summed E-state index contributed by atoms with van der Waals surface area (Å²) in [6, 6.07) is 2.02. The van der Waals surface area contributed by atoms with Crippen molar-refractivity contribution in [2.45, 2.75) is 6.92 Å². The summed E-state index contributed by atoms with van der Waals surface area (Å²) in [4.78, 5) is 4.16. The lowest BCUT2D eigenvalue weighted by molar-refractivity contribution is 1.24. The van der Waals surface area contributed by atoms with Crippen LogP contribution in [0.5, 0.6) is 0 Å². The number of pyridine rings is 1. The van der Waals surface area contributed by atoms with Gasteiger partial charge in [-0.1, -0.05) is 11.6 Å². The molecule has 0 unspecified atom stereocenters. The molecule has 2 heterocycles. The van der Waals surface area contributed by atoms with Crippen molar-refractivity contribution in [3.8, 4) is 0 Å². The predicted octanol–water partition coefficient (Wildman–Crippen LogP) is 3.26. The Morgan fingerprint density at radius 2 is 2.36 bits per heavy atom. The van der Waals surface area contributed by atoms with Crippen LogP contribution in [0, 0.1) is 6.92 Å². The van der Waals surface area contributed by atoms with E-state index in [1.54, 1.807) is 17.5 Å². The summed E-state index contributed by atoms with van der Waals surface area (Å²) in [5.74, 6) is 0. The largest absolute Gasteiger partial charge is 0.259 e. The highest BCUT2D eigenvalue weighted by molar-refractivity contribution is 7.17. The van der Waals surface area contributed by atoms with E-state index in [4.69, 9.17) is 11.6 Å². The quantitative estimate of drug-likeness (QED) is 0.611. The lowest BCUT2D eigenvalue weighted by atomic mass is 10.3. The third kappa shape index (κ3) is 1.03. The summed E-state index contributed by atoms with van der Waals surface area (Å²) in [6.07, 6.45) is 1.70. The summed E-state index contributed by atoms with van der Waals surface area (Å²) < 4.78 is 1.19. The van der Waals surface area contributed by atoms with Crippen molar-refractivity contribution in [1.29, 1.82) is 0 Å². The molecule has 0 saturated heterocycles. The van der Waals surface area contributed by atoms with Gasteiger partial charge in [0.2, 0.25) is 0 Å². The number of aryl methyl sites for hydroxylation is 1. The van der Waals surface area contributed by atoms with Gasteiger partial charge in [0.05, 0.1) is 15.4 Å². The molecule has 2 aromatic rings. The van der Waals surface area contributed by atoms with Gasteiger partial charge in [0.15, 0.2) is 0 Å². The van der Waals surface area contributed by atoms with Gasteiger partial charge >= 0.3 is 0 Å². The zero-order valence-electron chi connectivity index (χ0n) is 5.97. The van der Waals surface area contributed by atoms with Crippen molar-refractivity contribution in [3.63, 3.8) is 0 Å². The van der Waals surface area contributed by atoms with Gasteiger partial charge in [-0.15, -0.1) is 11.3 Å². The zero-order chi connectivity index (χ0) is 7.84. The molecule has 0 aliphatic rings. The molecule has 0 spiro atoms. The van der Waals surface area contributed by atoms with Crippen molar-refractivity contribution in [1.82, 2.24) is 4.98 Å². The molecule has 0 aromatic carbocycles. The normalized spacial score (nSPS) is 10.7. The Bertz CT molecular complexity index is 358. The predicted molar refractivity (Wildman–Crippen MR) is 49.4 cm³/mol. The Hall–Kier alpha value is -0.600. The third-order valence-corrected chi connectivity index (χ3v) is 2.95. The molecule has 0 fully saturated rings. The van der Waals surface area contributed by atoms with E-state index in [9.17, 15) is 0 Å². The van der Waals surface area contributed by atoms with Gasteiger partial charge in [-0.3, -0.25) is 4.98 Å². The highest BCUT2D eigenvalue weighted by atomic mass is 35.5. The number of thiophene rings is 1. The van der Waals surface area contributed by atoms with Crippen LogP contribution in [0.2, 0.25) is 5.02 Å². The molecule has 0 aliphatic heterocycles. The first-order valence-corrected chi connectivity index (χ1v) is 4.53. The topological polar surface area (TPSA) is 12.9 Å². The first-order valence-electron chi connectivity index (χ1n) is 3.27. The van der Waals surface area contributed by atoms with Gasteiger partial charge in [-0.05, 0) is 18.4 Å². The van der Waals surface area contributed by atoms with Crippen LogP contribution in [0.1, 0.15) is 5.69 Å².